The highest BCUT2D eigenvalue weighted by atomic mass is 79.9. The van der Waals surface area contributed by atoms with E-state index in [2.05, 4.69) is 72.9 Å². The Labute approximate surface area is 438 Å². The highest BCUT2D eigenvalue weighted by molar-refractivity contribution is 9.10. The fraction of sp³-hybridized carbons (Fsp3) is 0.0526. The first-order valence-electron chi connectivity index (χ1n) is 23.5. The van der Waals surface area contributed by atoms with Crippen LogP contribution in [0.15, 0.2) is 211 Å². The lowest BCUT2D eigenvalue weighted by Gasteiger charge is -2.33. The number of carboxylic acid groups (broad SMARTS) is 2. The van der Waals surface area contributed by atoms with Gasteiger partial charge in [-0.15, -0.1) is 0 Å². The Balaban J connectivity index is 0.000000110. The molecular formula is C57H39BrN10O8. The van der Waals surface area contributed by atoms with Gasteiger partial charge in [0.1, 0.15) is 23.7 Å². The van der Waals surface area contributed by atoms with Crippen LogP contribution in [0.3, 0.4) is 0 Å². The molecular weight excluding hydrogens is 1030 g/mol. The Bertz CT molecular complexity index is 4110. The number of aromatic nitrogens is 9. The molecule has 7 aromatic heterocycles. The minimum absolute atomic E-state index is 0.188. The quantitative estimate of drug-likeness (QED) is 0.144. The van der Waals surface area contributed by atoms with Crippen molar-refractivity contribution in [3.05, 3.63) is 204 Å². The van der Waals surface area contributed by atoms with Crippen LogP contribution >= 0.6 is 15.9 Å². The standard InChI is InChI=1S/C17H14N2O3.C16H10N4O3.C12H7BrN2O.C12H8N2O/c20-17(21)12-4-7-15-14(10-12)18-16(22-15)11-2-5-13(6-3-11)19-8-1-9-19;21-16(22)11-3-1-2-10(6-11)15-19-13-5-4-12(7-14(13)23-15)20-9-17-8-18-20;13-9-6-10-11(14-7-9)15-12(16-10)8-4-2-1-3-5-8;1-2-5-9(6-3-1)12-14-11-10(15-12)7-4-8-13-11/h2-7,10H,1,8-9H2,(H,20,21);1-9H,(H,21,22);1-7H;1-8H. The zero-order chi connectivity index (χ0) is 52.0. The van der Waals surface area contributed by atoms with Crippen LogP contribution < -0.4 is 4.90 Å². The highest BCUT2D eigenvalue weighted by Gasteiger charge is 2.17. The molecule has 8 heterocycles. The van der Waals surface area contributed by atoms with E-state index in [9.17, 15) is 9.59 Å². The fourth-order valence-electron chi connectivity index (χ4n) is 7.85. The van der Waals surface area contributed by atoms with E-state index >= 15 is 0 Å². The molecule has 0 aliphatic carbocycles. The summed E-state index contributed by atoms with van der Waals surface area (Å²) in [5.41, 5.74) is 10.9. The average molecular weight is 1070 g/mol. The summed E-state index contributed by atoms with van der Waals surface area (Å²) >= 11 is 3.35. The van der Waals surface area contributed by atoms with E-state index in [1.807, 2.05) is 109 Å². The number of fused-ring (bicyclic) bond motifs is 4. The lowest BCUT2D eigenvalue weighted by atomic mass is 10.1. The van der Waals surface area contributed by atoms with Crippen LogP contribution in [-0.2, 0) is 0 Å². The van der Waals surface area contributed by atoms with Gasteiger partial charge in [0.05, 0.1) is 16.8 Å². The van der Waals surface area contributed by atoms with Gasteiger partial charge in [-0.1, -0.05) is 42.5 Å². The monoisotopic (exact) mass is 1070 g/mol. The van der Waals surface area contributed by atoms with Crippen molar-refractivity contribution >= 4 is 78.2 Å². The summed E-state index contributed by atoms with van der Waals surface area (Å²) in [4.78, 5) is 54.0. The molecule has 76 heavy (non-hydrogen) atoms. The first-order valence-corrected chi connectivity index (χ1v) is 24.3. The molecule has 13 aromatic rings. The summed E-state index contributed by atoms with van der Waals surface area (Å²) in [7, 11) is 0. The second kappa shape index (κ2) is 21.5. The number of hydrogen-bond donors (Lipinski definition) is 2. The van der Waals surface area contributed by atoms with Crippen LogP contribution in [0.25, 0.3) is 96.2 Å². The van der Waals surface area contributed by atoms with Crippen LogP contribution in [0.4, 0.5) is 5.69 Å². The summed E-state index contributed by atoms with van der Waals surface area (Å²) in [6, 6.07) is 49.9. The second-order valence-electron chi connectivity index (χ2n) is 16.9. The van der Waals surface area contributed by atoms with Crippen molar-refractivity contribution in [1.29, 1.82) is 0 Å². The molecule has 0 radical (unpaired) electrons. The van der Waals surface area contributed by atoms with E-state index in [0.717, 1.165) is 45.5 Å². The third kappa shape index (κ3) is 10.8. The Morgan fingerprint density at radius 3 is 1.78 bits per heavy atom. The topological polar surface area (TPSA) is 238 Å². The van der Waals surface area contributed by atoms with Crippen LogP contribution in [0.1, 0.15) is 27.1 Å². The van der Waals surface area contributed by atoms with Crippen LogP contribution in [0.5, 0.6) is 0 Å². The van der Waals surface area contributed by atoms with Crippen LogP contribution in [0, 0.1) is 0 Å². The zero-order valence-corrected chi connectivity index (χ0v) is 41.3. The predicted molar refractivity (Wildman–Crippen MR) is 287 cm³/mol. The summed E-state index contributed by atoms with van der Waals surface area (Å²) in [5.74, 6) is 0.138. The van der Waals surface area contributed by atoms with Crippen molar-refractivity contribution in [2.75, 3.05) is 18.0 Å². The van der Waals surface area contributed by atoms with Gasteiger partial charge in [0, 0.05) is 70.0 Å². The van der Waals surface area contributed by atoms with Gasteiger partial charge in [0.2, 0.25) is 23.6 Å². The zero-order valence-electron chi connectivity index (χ0n) is 39.7. The molecule has 6 aromatic carbocycles. The first-order chi connectivity index (χ1) is 37.2. The molecule has 1 aliphatic rings. The van der Waals surface area contributed by atoms with Crippen molar-refractivity contribution in [3.8, 4) is 51.5 Å². The third-order valence-electron chi connectivity index (χ3n) is 11.8. The van der Waals surface area contributed by atoms with Crippen LogP contribution in [0.2, 0.25) is 0 Å². The first kappa shape index (κ1) is 48.1. The number of aromatic carboxylic acids is 2. The molecule has 0 unspecified atom stereocenters. The van der Waals surface area contributed by atoms with Gasteiger partial charge in [-0.25, -0.2) is 39.2 Å². The van der Waals surface area contributed by atoms with Gasteiger partial charge in [-0.2, -0.15) is 15.1 Å². The predicted octanol–water partition coefficient (Wildman–Crippen LogP) is 12.7. The van der Waals surface area contributed by atoms with Gasteiger partial charge in [-0.3, -0.25) is 0 Å². The largest absolute Gasteiger partial charge is 0.478 e. The number of carboxylic acids is 2. The van der Waals surface area contributed by atoms with Crippen molar-refractivity contribution in [3.63, 3.8) is 0 Å². The molecule has 18 nitrogen and oxygen atoms in total. The third-order valence-corrected chi connectivity index (χ3v) is 12.2. The van der Waals surface area contributed by atoms with Crippen LogP contribution in [-0.4, -0.2) is 79.9 Å². The number of anilines is 1. The Hall–Kier alpha value is -10.1. The minimum Gasteiger partial charge on any atom is -0.478 e. The van der Waals surface area contributed by atoms with E-state index in [0.29, 0.717) is 68.2 Å². The van der Waals surface area contributed by atoms with Crippen molar-refractivity contribution in [2.45, 2.75) is 6.42 Å². The van der Waals surface area contributed by atoms with Crippen molar-refractivity contribution in [1.82, 2.24) is 44.7 Å². The number of oxazole rings is 4. The van der Waals surface area contributed by atoms with Gasteiger partial charge in [0.25, 0.3) is 0 Å². The smallest absolute Gasteiger partial charge is 0.335 e. The van der Waals surface area contributed by atoms with E-state index in [1.54, 1.807) is 41.6 Å². The SMILES string of the molecule is Brc1cnc2nc(-c3ccccc3)oc2c1.O=C(O)c1ccc2oc(-c3ccc(N4CCC4)cc3)nc2c1.O=C(O)c1cccc(-c2nc3ccc(-n4cncn4)cc3o2)c1.c1ccc(-c2nc3ncccc3o2)cc1. The number of halogens is 1. The fourth-order valence-corrected chi connectivity index (χ4v) is 8.16. The summed E-state index contributed by atoms with van der Waals surface area (Å²) in [5, 5.41) is 22.2. The molecule has 0 saturated carbocycles. The normalized spacial score (nSPS) is 11.8. The van der Waals surface area contributed by atoms with Gasteiger partial charge < -0.3 is 32.8 Å². The maximum absolute atomic E-state index is 11.1. The Morgan fingerprint density at radius 2 is 1.11 bits per heavy atom. The summed E-state index contributed by atoms with van der Waals surface area (Å²) in [6.45, 7) is 2.22. The molecule has 0 spiro atoms. The number of pyridine rings is 2. The number of benzene rings is 6. The average Bonchev–Trinajstić information content (AvgIpc) is 4.33. The van der Waals surface area contributed by atoms with E-state index in [1.165, 1.54) is 42.7 Å². The molecule has 1 saturated heterocycles. The maximum Gasteiger partial charge on any atom is 0.335 e. The lowest BCUT2D eigenvalue weighted by molar-refractivity contribution is 0.0686. The molecule has 1 fully saturated rings. The number of nitrogens with zero attached hydrogens (tertiary/aromatic N) is 10. The molecule has 14 rings (SSSR count). The van der Waals surface area contributed by atoms with E-state index in [-0.39, 0.29) is 11.1 Å². The molecule has 1 aliphatic heterocycles. The molecule has 372 valence electrons. The molecule has 19 heteroatoms. The molecule has 0 atom stereocenters. The number of rotatable bonds is 8. The summed E-state index contributed by atoms with van der Waals surface area (Å²) < 4.78 is 25.2. The minimum atomic E-state index is -0.989. The lowest BCUT2D eigenvalue weighted by Crippen LogP contribution is -2.36. The van der Waals surface area contributed by atoms with Gasteiger partial charge >= 0.3 is 11.9 Å². The van der Waals surface area contributed by atoms with Crippen molar-refractivity contribution < 1.29 is 37.5 Å². The van der Waals surface area contributed by atoms with Gasteiger partial charge in [0.15, 0.2) is 33.6 Å². The molecule has 0 amide bonds. The molecule has 2 N–H and O–H groups in total. The number of carbonyl (C=O) groups is 2. The summed E-state index contributed by atoms with van der Waals surface area (Å²) in [6.07, 6.45) is 7.71. The highest BCUT2D eigenvalue weighted by Crippen LogP contribution is 2.30. The second-order valence-corrected chi connectivity index (χ2v) is 17.8. The van der Waals surface area contributed by atoms with Gasteiger partial charge in [-0.05, 0) is 132 Å². The van der Waals surface area contributed by atoms with Crippen molar-refractivity contribution in [2.24, 2.45) is 0 Å². The van der Waals surface area contributed by atoms with E-state index < -0.39 is 11.9 Å². The maximum atomic E-state index is 11.1. The Kier molecular flexibility index (Phi) is 13.6. The number of hydrogen-bond acceptors (Lipinski definition) is 15. The van der Waals surface area contributed by atoms with E-state index in [4.69, 9.17) is 27.9 Å². The Morgan fingerprint density at radius 1 is 0.500 bits per heavy atom. The molecule has 0 bridgehead atoms.